The fourth-order valence-electron chi connectivity index (χ4n) is 1.73. The summed E-state index contributed by atoms with van der Waals surface area (Å²) in [5.74, 6) is 2.57. The van der Waals surface area contributed by atoms with Crippen molar-refractivity contribution in [1.82, 2.24) is 9.97 Å². The van der Waals surface area contributed by atoms with Gasteiger partial charge < -0.3 is 5.73 Å². The van der Waals surface area contributed by atoms with Crippen LogP contribution in [0.5, 0.6) is 0 Å². The molecule has 0 fully saturated rings. The summed E-state index contributed by atoms with van der Waals surface area (Å²) < 4.78 is 0. The molecule has 3 rings (SSSR count). The van der Waals surface area contributed by atoms with Gasteiger partial charge >= 0.3 is 0 Å². The zero-order valence-electron chi connectivity index (χ0n) is 10.7. The summed E-state index contributed by atoms with van der Waals surface area (Å²) in [4.78, 5) is 11.1. The number of hydrogen-bond donors (Lipinski definition) is 1. The number of nitrogens with two attached hydrogens (primary N) is 1. The van der Waals surface area contributed by atoms with Gasteiger partial charge in [-0.1, -0.05) is 30.0 Å². The Hall–Kier alpha value is -1.24. The summed E-state index contributed by atoms with van der Waals surface area (Å²) in [6, 6.07) is 12.4. The molecular formula is C14H13N3S3. The molecule has 0 aliphatic heterocycles. The Morgan fingerprint density at radius 2 is 1.80 bits per heavy atom. The van der Waals surface area contributed by atoms with Crippen LogP contribution in [0.15, 0.2) is 51.8 Å². The van der Waals surface area contributed by atoms with Gasteiger partial charge in [0.1, 0.15) is 10.6 Å². The first-order valence-electron chi connectivity index (χ1n) is 6.14. The number of thiophene rings is 1. The largest absolute Gasteiger partial charge is 0.383 e. The van der Waals surface area contributed by atoms with Gasteiger partial charge in [0.2, 0.25) is 0 Å². The molecule has 0 spiro atoms. The van der Waals surface area contributed by atoms with Crippen LogP contribution < -0.4 is 5.73 Å². The van der Waals surface area contributed by atoms with Crippen LogP contribution in [0.1, 0.15) is 0 Å². The van der Waals surface area contributed by atoms with E-state index < -0.39 is 0 Å². The second-order valence-electron chi connectivity index (χ2n) is 4.04. The Kier molecular flexibility index (Phi) is 4.44. The van der Waals surface area contributed by atoms with Gasteiger partial charge in [0.05, 0.1) is 5.39 Å². The van der Waals surface area contributed by atoms with Crippen molar-refractivity contribution in [2.45, 2.75) is 10.1 Å². The van der Waals surface area contributed by atoms with Gasteiger partial charge in [-0.2, -0.15) is 0 Å². The summed E-state index contributed by atoms with van der Waals surface area (Å²) in [5, 5.41) is 3.72. The average Bonchev–Trinajstić information content (AvgIpc) is 2.94. The Bertz CT molecular complexity index is 697. The monoisotopic (exact) mass is 319 g/mol. The zero-order chi connectivity index (χ0) is 13.8. The summed E-state index contributed by atoms with van der Waals surface area (Å²) in [5.41, 5.74) is 5.93. The number of aromatic nitrogens is 2. The lowest BCUT2D eigenvalue weighted by atomic mass is 10.4. The molecule has 0 aliphatic rings. The molecule has 3 aromatic rings. The molecular weight excluding hydrogens is 306 g/mol. The Morgan fingerprint density at radius 3 is 2.65 bits per heavy atom. The molecule has 2 N–H and O–H groups in total. The number of anilines is 1. The highest BCUT2D eigenvalue weighted by Crippen LogP contribution is 2.27. The van der Waals surface area contributed by atoms with Gasteiger partial charge in [-0.25, -0.2) is 9.97 Å². The zero-order valence-corrected chi connectivity index (χ0v) is 13.1. The number of nitrogen functional groups attached to an aromatic ring is 1. The van der Waals surface area contributed by atoms with E-state index in [0.717, 1.165) is 26.9 Å². The molecule has 0 unspecified atom stereocenters. The van der Waals surface area contributed by atoms with Gasteiger partial charge in [0.15, 0.2) is 5.16 Å². The molecule has 0 atom stereocenters. The minimum atomic E-state index is 0.578. The maximum Gasteiger partial charge on any atom is 0.190 e. The molecule has 0 saturated carbocycles. The van der Waals surface area contributed by atoms with Gasteiger partial charge in [-0.15, -0.1) is 23.1 Å². The molecule has 2 aromatic heterocycles. The number of rotatable bonds is 5. The number of benzene rings is 1. The second-order valence-corrected chi connectivity index (χ2v) is 7.17. The van der Waals surface area contributed by atoms with Crippen molar-refractivity contribution in [3.05, 3.63) is 41.8 Å². The number of nitrogens with zero attached hydrogens (tertiary/aromatic N) is 2. The fraction of sp³-hybridized carbons (Fsp3) is 0.143. The molecule has 0 amide bonds. The molecule has 2 heterocycles. The van der Waals surface area contributed by atoms with Crippen molar-refractivity contribution in [3.63, 3.8) is 0 Å². The van der Waals surface area contributed by atoms with Crippen LogP contribution in [0, 0.1) is 0 Å². The van der Waals surface area contributed by atoms with Crippen LogP contribution in [0.4, 0.5) is 5.82 Å². The highest BCUT2D eigenvalue weighted by Gasteiger charge is 2.06. The molecule has 3 nitrogen and oxygen atoms in total. The maximum absolute atomic E-state index is 5.93. The van der Waals surface area contributed by atoms with E-state index in [2.05, 4.69) is 34.2 Å². The molecule has 0 bridgehead atoms. The summed E-state index contributed by atoms with van der Waals surface area (Å²) in [6.45, 7) is 0. The smallest absolute Gasteiger partial charge is 0.190 e. The lowest BCUT2D eigenvalue weighted by Gasteiger charge is -2.03. The maximum atomic E-state index is 5.93. The van der Waals surface area contributed by atoms with Crippen molar-refractivity contribution in [2.24, 2.45) is 0 Å². The topological polar surface area (TPSA) is 51.8 Å². The molecule has 6 heteroatoms. The Balaban J connectivity index is 1.57. The van der Waals surface area contributed by atoms with E-state index in [0.29, 0.717) is 5.82 Å². The minimum Gasteiger partial charge on any atom is -0.383 e. The first-order valence-corrected chi connectivity index (χ1v) is 8.99. The summed E-state index contributed by atoms with van der Waals surface area (Å²) in [6.07, 6.45) is 0. The lowest BCUT2D eigenvalue weighted by molar-refractivity contribution is 1.02. The van der Waals surface area contributed by atoms with Crippen LogP contribution in [-0.2, 0) is 0 Å². The van der Waals surface area contributed by atoms with E-state index in [1.165, 1.54) is 4.90 Å². The van der Waals surface area contributed by atoms with Gasteiger partial charge in [-0.05, 0) is 23.6 Å². The minimum absolute atomic E-state index is 0.578. The highest BCUT2D eigenvalue weighted by atomic mass is 32.2. The standard InChI is InChI=1S/C14H13N3S3/c15-12-11-6-7-19-13(11)17-14(16-12)20-9-8-18-10-4-2-1-3-5-10/h1-7H,8-9H2,(H2,15,16,17). The van der Waals surface area contributed by atoms with Crippen molar-refractivity contribution in [3.8, 4) is 0 Å². The van der Waals surface area contributed by atoms with Crippen molar-refractivity contribution in [2.75, 3.05) is 17.2 Å². The number of hydrogen-bond acceptors (Lipinski definition) is 6. The van der Waals surface area contributed by atoms with Crippen LogP contribution in [0.25, 0.3) is 10.2 Å². The highest BCUT2D eigenvalue weighted by molar-refractivity contribution is 8.02. The van der Waals surface area contributed by atoms with Crippen LogP contribution in [0.3, 0.4) is 0 Å². The van der Waals surface area contributed by atoms with E-state index in [4.69, 9.17) is 5.73 Å². The lowest BCUT2D eigenvalue weighted by Crippen LogP contribution is -1.96. The SMILES string of the molecule is Nc1nc(SCCSc2ccccc2)nc2sccc12. The van der Waals surface area contributed by atoms with E-state index in [-0.39, 0.29) is 0 Å². The average molecular weight is 319 g/mol. The van der Waals surface area contributed by atoms with Crippen molar-refractivity contribution in [1.29, 1.82) is 0 Å². The van der Waals surface area contributed by atoms with E-state index in [1.807, 2.05) is 29.3 Å². The van der Waals surface area contributed by atoms with Gasteiger partial charge in [-0.3, -0.25) is 0 Å². The predicted molar refractivity (Wildman–Crippen MR) is 89.7 cm³/mol. The molecule has 1 aromatic carbocycles. The van der Waals surface area contributed by atoms with E-state index in [9.17, 15) is 0 Å². The van der Waals surface area contributed by atoms with E-state index in [1.54, 1.807) is 23.1 Å². The van der Waals surface area contributed by atoms with Gasteiger partial charge in [0, 0.05) is 16.4 Å². The molecule has 102 valence electrons. The third-order valence-corrected chi connectivity index (χ3v) is 5.59. The number of thioether (sulfide) groups is 2. The molecule has 0 radical (unpaired) electrons. The predicted octanol–water partition coefficient (Wildman–Crippen LogP) is 4.16. The van der Waals surface area contributed by atoms with Crippen LogP contribution in [-0.4, -0.2) is 21.5 Å². The Labute approximate surface area is 130 Å². The van der Waals surface area contributed by atoms with Crippen LogP contribution in [0.2, 0.25) is 0 Å². The molecule has 0 aliphatic carbocycles. The molecule has 0 saturated heterocycles. The quantitative estimate of drug-likeness (QED) is 0.435. The van der Waals surface area contributed by atoms with Crippen molar-refractivity contribution < 1.29 is 0 Å². The first kappa shape index (κ1) is 13.7. The normalized spacial score (nSPS) is 11.0. The number of fused-ring (bicyclic) bond motifs is 1. The van der Waals surface area contributed by atoms with E-state index >= 15 is 0 Å². The summed E-state index contributed by atoms with van der Waals surface area (Å²) >= 11 is 5.10. The second kappa shape index (κ2) is 6.47. The third-order valence-electron chi connectivity index (χ3n) is 2.66. The fourth-order valence-corrected chi connectivity index (χ4v) is 4.31. The molecule has 20 heavy (non-hydrogen) atoms. The van der Waals surface area contributed by atoms with Crippen LogP contribution >= 0.6 is 34.9 Å². The van der Waals surface area contributed by atoms with Crippen molar-refractivity contribution >= 4 is 50.9 Å². The van der Waals surface area contributed by atoms with Gasteiger partial charge in [0.25, 0.3) is 0 Å². The Morgan fingerprint density at radius 1 is 1.00 bits per heavy atom. The first-order chi connectivity index (χ1) is 9.83. The summed E-state index contributed by atoms with van der Waals surface area (Å²) in [7, 11) is 0. The third kappa shape index (κ3) is 3.26.